The molecule has 2 heterocycles. The van der Waals surface area contributed by atoms with E-state index >= 15 is 0 Å². The quantitative estimate of drug-likeness (QED) is 0.910. The molecule has 3 nitrogen and oxygen atoms in total. The molecule has 1 saturated heterocycles. The molecule has 1 N–H and O–H groups in total. The van der Waals surface area contributed by atoms with Gasteiger partial charge in [0.25, 0.3) is 0 Å². The molecule has 1 aromatic carbocycles. The number of aromatic nitrogens is 1. The van der Waals surface area contributed by atoms with Gasteiger partial charge in [0.15, 0.2) is 0 Å². The highest BCUT2D eigenvalue weighted by molar-refractivity contribution is 5.81. The van der Waals surface area contributed by atoms with Gasteiger partial charge in [0.05, 0.1) is 5.52 Å². The van der Waals surface area contributed by atoms with E-state index in [1.807, 2.05) is 6.20 Å². The van der Waals surface area contributed by atoms with Crippen molar-refractivity contribution in [2.75, 3.05) is 26.2 Å². The highest BCUT2D eigenvalue weighted by atomic mass is 15.2. The maximum atomic E-state index is 4.44. The van der Waals surface area contributed by atoms with Gasteiger partial charge in [-0.05, 0) is 31.0 Å². The van der Waals surface area contributed by atoms with E-state index in [0.29, 0.717) is 6.04 Å². The Morgan fingerprint density at radius 1 is 1.21 bits per heavy atom. The van der Waals surface area contributed by atoms with Crippen molar-refractivity contribution >= 4 is 10.9 Å². The fraction of sp³-hybridized carbons (Fsp3) is 0.438. The molecule has 3 heteroatoms. The Labute approximate surface area is 114 Å². The van der Waals surface area contributed by atoms with Crippen LogP contribution in [0.25, 0.3) is 10.9 Å². The summed E-state index contributed by atoms with van der Waals surface area (Å²) in [6.07, 6.45) is 3.03. The third kappa shape index (κ3) is 2.77. The molecular formula is C16H21N3. The van der Waals surface area contributed by atoms with Crippen molar-refractivity contribution in [3.05, 3.63) is 42.1 Å². The first-order valence-corrected chi connectivity index (χ1v) is 7.12. The molecular weight excluding hydrogens is 234 g/mol. The van der Waals surface area contributed by atoms with Crippen LogP contribution in [0.3, 0.4) is 0 Å². The summed E-state index contributed by atoms with van der Waals surface area (Å²) >= 11 is 0. The number of nitrogens with zero attached hydrogens (tertiary/aromatic N) is 2. The van der Waals surface area contributed by atoms with E-state index in [9.17, 15) is 0 Å². The summed E-state index contributed by atoms with van der Waals surface area (Å²) in [4.78, 5) is 7.01. The average Bonchev–Trinajstić information content (AvgIpc) is 2.48. The predicted octanol–water partition coefficient (Wildman–Crippen LogP) is 2.07. The summed E-state index contributed by atoms with van der Waals surface area (Å²) in [5.41, 5.74) is 2.52. The number of hydrogen-bond donors (Lipinski definition) is 1. The Balaban J connectivity index is 1.80. The van der Waals surface area contributed by atoms with Crippen LogP contribution in [0.2, 0.25) is 0 Å². The van der Waals surface area contributed by atoms with Crippen LogP contribution in [0.4, 0.5) is 0 Å². The number of para-hydroxylation sites is 1. The minimum atomic E-state index is 0.591. The monoisotopic (exact) mass is 255 g/mol. The first-order chi connectivity index (χ1) is 9.34. The third-order valence-corrected chi connectivity index (χ3v) is 4.03. The van der Waals surface area contributed by atoms with E-state index in [1.54, 1.807) is 0 Å². The topological polar surface area (TPSA) is 28.2 Å². The zero-order valence-electron chi connectivity index (χ0n) is 11.5. The third-order valence-electron chi connectivity index (χ3n) is 4.03. The molecule has 1 aromatic heterocycles. The van der Waals surface area contributed by atoms with Crippen LogP contribution < -0.4 is 5.32 Å². The lowest BCUT2D eigenvalue weighted by Crippen LogP contribution is -2.48. The van der Waals surface area contributed by atoms with Crippen LogP contribution in [0.5, 0.6) is 0 Å². The maximum Gasteiger partial charge on any atom is 0.0704 e. The number of nitrogens with one attached hydrogen (secondary N) is 1. The lowest BCUT2D eigenvalue weighted by atomic mass is 10.0. The molecule has 1 fully saturated rings. The SMILES string of the molecule is CC(Cc1ccnc2ccccc12)N1CCNCC1. The number of rotatable bonds is 3. The molecule has 1 atom stereocenters. The van der Waals surface area contributed by atoms with Gasteiger partial charge >= 0.3 is 0 Å². The van der Waals surface area contributed by atoms with Gasteiger partial charge in [-0.3, -0.25) is 9.88 Å². The summed E-state index contributed by atoms with van der Waals surface area (Å²) < 4.78 is 0. The number of pyridine rings is 1. The first-order valence-electron chi connectivity index (χ1n) is 7.12. The van der Waals surface area contributed by atoms with E-state index in [4.69, 9.17) is 0 Å². The molecule has 1 aliphatic rings. The molecule has 0 amide bonds. The Hall–Kier alpha value is -1.45. The standard InChI is InChI=1S/C16H21N3/c1-13(19-10-8-17-9-11-19)12-14-6-7-18-16-5-3-2-4-15(14)16/h2-7,13,17H,8-12H2,1H3. The predicted molar refractivity (Wildman–Crippen MR) is 79.4 cm³/mol. The summed E-state index contributed by atoms with van der Waals surface area (Å²) in [5, 5.41) is 4.71. The first kappa shape index (κ1) is 12.6. The van der Waals surface area contributed by atoms with Crippen LogP contribution in [0.1, 0.15) is 12.5 Å². The van der Waals surface area contributed by atoms with Gasteiger partial charge in [0.2, 0.25) is 0 Å². The molecule has 2 aromatic rings. The number of fused-ring (bicyclic) bond motifs is 1. The molecule has 100 valence electrons. The van der Waals surface area contributed by atoms with Gasteiger partial charge in [-0.15, -0.1) is 0 Å². The van der Waals surface area contributed by atoms with E-state index in [0.717, 1.165) is 38.1 Å². The van der Waals surface area contributed by atoms with Crippen molar-refractivity contribution in [1.29, 1.82) is 0 Å². The Morgan fingerprint density at radius 2 is 2.00 bits per heavy atom. The molecule has 0 bridgehead atoms. The maximum absolute atomic E-state index is 4.44. The normalized spacial score (nSPS) is 18.6. The summed E-state index contributed by atoms with van der Waals surface area (Å²) in [6.45, 7) is 6.87. The summed E-state index contributed by atoms with van der Waals surface area (Å²) in [5.74, 6) is 0. The molecule has 0 spiro atoms. The zero-order valence-corrected chi connectivity index (χ0v) is 11.5. The zero-order chi connectivity index (χ0) is 13.1. The van der Waals surface area contributed by atoms with Gasteiger partial charge in [-0.1, -0.05) is 18.2 Å². The van der Waals surface area contributed by atoms with Crippen molar-refractivity contribution in [2.45, 2.75) is 19.4 Å². The van der Waals surface area contributed by atoms with Gasteiger partial charge in [-0.2, -0.15) is 0 Å². The van der Waals surface area contributed by atoms with Gasteiger partial charge in [0, 0.05) is 43.8 Å². The number of piperazine rings is 1. The van der Waals surface area contributed by atoms with Crippen molar-refractivity contribution in [3.8, 4) is 0 Å². The highest BCUT2D eigenvalue weighted by Gasteiger charge is 2.17. The van der Waals surface area contributed by atoms with Crippen molar-refractivity contribution in [2.24, 2.45) is 0 Å². The number of hydrogen-bond acceptors (Lipinski definition) is 3. The molecule has 0 radical (unpaired) electrons. The Morgan fingerprint density at radius 3 is 2.84 bits per heavy atom. The Bertz CT molecular complexity index is 541. The van der Waals surface area contributed by atoms with Crippen LogP contribution >= 0.6 is 0 Å². The van der Waals surface area contributed by atoms with E-state index < -0.39 is 0 Å². The highest BCUT2D eigenvalue weighted by Crippen LogP contribution is 2.19. The van der Waals surface area contributed by atoms with Crippen molar-refractivity contribution in [3.63, 3.8) is 0 Å². The largest absolute Gasteiger partial charge is 0.314 e. The number of benzene rings is 1. The molecule has 1 aliphatic heterocycles. The van der Waals surface area contributed by atoms with Crippen molar-refractivity contribution in [1.82, 2.24) is 15.2 Å². The van der Waals surface area contributed by atoms with Crippen LogP contribution in [-0.4, -0.2) is 42.1 Å². The van der Waals surface area contributed by atoms with E-state index in [-0.39, 0.29) is 0 Å². The van der Waals surface area contributed by atoms with Crippen molar-refractivity contribution < 1.29 is 0 Å². The Kier molecular flexibility index (Phi) is 3.76. The average molecular weight is 255 g/mol. The van der Waals surface area contributed by atoms with Crippen LogP contribution in [0, 0.1) is 0 Å². The summed E-state index contributed by atoms with van der Waals surface area (Å²) in [6, 6.07) is 11.2. The molecule has 19 heavy (non-hydrogen) atoms. The second-order valence-corrected chi connectivity index (χ2v) is 5.33. The van der Waals surface area contributed by atoms with Crippen LogP contribution in [-0.2, 0) is 6.42 Å². The lowest BCUT2D eigenvalue weighted by molar-refractivity contribution is 0.183. The molecule has 0 saturated carbocycles. The van der Waals surface area contributed by atoms with Gasteiger partial charge < -0.3 is 5.32 Å². The second kappa shape index (κ2) is 5.68. The minimum absolute atomic E-state index is 0.591. The van der Waals surface area contributed by atoms with Gasteiger partial charge in [0.1, 0.15) is 0 Å². The fourth-order valence-electron chi connectivity index (χ4n) is 2.90. The van der Waals surface area contributed by atoms with Crippen LogP contribution in [0.15, 0.2) is 36.5 Å². The van der Waals surface area contributed by atoms with Gasteiger partial charge in [-0.25, -0.2) is 0 Å². The molecule has 3 rings (SSSR count). The lowest BCUT2D eigenvalue weighted by Gasteiger charge is -2.33. The minimum Gasteiger partial charge on any atom is -0.314 e. The molecule has 0 aliphatic carbocycles. The summed E-state index contributed by atoms with van der Waals surface area (Å²) in [7, 11) is 0. The van der Waals surface area contributed by atoms with E-state index in [2.05, 4.69) is 52.5 Å². The molecule has 1 unspecified atom stereocenters. The van der Waals surface area contributed by atoms with E-state index in [1.165, 1.54) is 10.9 Å². The second-order valence-electron chi connectivity index (χ2n) is 5.33. The smallest absolute Gasteiger partial charge is 0.0704 e. The fourth-order valence-corrected chi connectivity index (χ4v) is 2.90.